The highest BCUT2D eigenvalue weighted by Crippen LogP contribution is 2.36. The van der Waals surface area contributed by atoms with Gasteiger partial charge in [0, 0.05) is 24.5 Å². The van der Waals surface area contributed by atoms with Gasteiger partial charge in [-0.1, -0.05) is 6.92 Å². The first-order valence-corrected chi connectivity index (χ1v) is 8.77. The lowest BCUT2D eigenvalue weighted by molar-refractivity contribution is 0.240. The van der Waals surface area contributed by atoms with Crippen molar-refractivity contribution in [1.29, 1.82) is 5.26 Å². The molecule has 2 atom stereocenters. The lowest BCUT2D eigenvalue weighted by atomic mass is 10.1. The van der Waals surface area contributed by atoms with E-state index in [4.69, 9.17) is 0 Å². The fourth-order valence-corrected chi connectivity index (χ4v) is 3.08. The molecule has 25 heavy (non-hydrogen) atoms. The summed E-state index contributed by atoms with van der Waals surface area (Å²) in [7, 11) is 0. The number of fused-ring (bicyclic) bond motifs is 1. The van der Waals surface area contributed by atoms with E-state index in [0.717, 1.165) is 36.0 Å². The number of nitrogens with one attached hydrogen (secondary N) is 2. The van der Waals surface area contributed by atoms with Crippen molar-refractivity contribution in [3.8, 4) is 6.07 Å². The molecule has 7 heteroatoms. The molecule has 1 aliphatic carbocycles. The molecular formula is C18H24N6O. The minimum absolute atomic E-state index is 0.122. The summed E-state index contributed by atoms with van der Waals surface area (Å²) in [5.41, 5.74) is 3.70. The van der Waals surface area contributed by atoms with Gasteiger partial charge in [-0.3, -0.25) is 0 Å². The van der Waals surface area contributed by atoms with Crippen molar-refractivity contribution >= 4 is 11.7 Å². The van der Waals surface area contributed by atoms with Gasteiger partial charge in [-0.2, -0.15) is 10.4 Å². The first-order chi connectivity index (χ1) is 12.0. The van der Waals surface area contributed by atoms with Gasteiger partial charge in [0.05, 0.1) is 5.69 Å². The molecule has 0 saturated heterocycles. The third-order valence-electron chi connectivity index (χ3n) is 4.76. The molecule has 1 fully saturated rings. The Hall–Kier alpha value is -2.62. The molecule has 0 bridgehead atoms. The molecule has 3 rings (SSSR count). The monoisotopic (exact) mass is 340 g/mol. The summed E-state index contributed by atoms with van der Waals surface area (Å²) in [5.74, 6) is 1.38. The van der Waals surface area contributed by atoms with Crippen LogP contribution in [0.4, 0.5) is 4.79 Å². The summed E-state index contributed by atoms with van der Waals surface area (Å²) in [5, 5.41) is 19.7. The van der Waals surface area contributed by atoms with Crippen LogP contribution in [0, 0.1) is 37.0 Å². The molecule has 0 aromatic carbocycles. The second-order valence-electron chi connectivity index (χ2n) is 6.92. The van der Waals surface area contributed by atoms with Crippen molar-refractivity contribution < 1.29 is 4.79 Å². The Morgan fingerprint density at radius 3 is 2.88 bits per heavy atom. The molecule has 2 aromatic rings. The van der Waals surface area contributed by atoms with Crippen LogP contribution in [0.1, 0.15) is 42.4 Å². The Morgan fingerprint density at radius 1 is 1.44 bits per heavy atom. The van der Waals surface area contributed by atoms with Gasteiger partial charge in [0.1, 0.15) is 11.6 Å². The minimum Gasteiger partial charge on any atom is -0.338 e. The highest BCUT2D eigenvalue weighted by Gasteiger charge is 2.32. The zero-order chi connectivity index (χ0) is 18.0. The van der Waals surface area contributed by atoms with Crippen LogP contribution in [0.25, 0.3) is 5.65 Å². The number of amides is 2. The van der Waals surface area contributed by atoms with Gasteiger partial charge in [-0.05, 0) is 51.0 Å². The normalized spacial score (nSPS) is 18.8. The highest BCUT2D eigenvalue weighted by atomic mass is 16.2. The maximum atomic E-state index is 11.7. The fraction of sp³-hybridized carbons (Fsp3) is 0.556. The number of hydrogen-bond acceptors (Lipinski definition) is 4. The SMILES string of the molecule is Cc1cc(C)n2nc(CCCNC(=O)NC[C@H]3C[C@@H]3C)c(C#N)c2n1. The number of nitrogens with zero attached hydrogens (tertiary/aromatic N) is 4. The number of hydrogen-bond donors (Lipinski definition) is 2. The molecule has 132 valence electrons. The Labute approximate surface area is 147 Å². The molecular weight excluding hydrogens is 316 g/mol. The van der Waals surface area contributed by atoms with E-state index in [9.17, 15) is 10.1 Å². The van der Waals surface area contributed by atoms with Crippen LogP contribution < -0.4 is 10.6 Å². The lowest BCUT2D eigenvalue weighted by Crippen LogP contribution is -2.37. The standard InChI is InChI=1S/C18H24N6O/c1-11-7-14(11)10-21-18(25)20-6-4-5-16-15(9-19)17-22-12(2)8-13(3)24(17)23-16/h8,11,14H,4-7,10H2,1-3H3,(H2,20,21,25)/t11-,14+/m0/s1. The van der Waals surface area contributed by atoms with E-state index in [-0.39, 0.29) is 6.03 Å². The summed E-state index contributed by atoms with van der Waals surface area (Å²) in [4.78, 5) is 16.2. The number of aryl methyl sites for hydroxylation is 3. The molecule has 0 unspecified atom stereocenters. The van der Waals surface area contributed by atoms with Crippen molar-refractivity contribution in [1.82, 2.24) is 25.2 Å². The Bertz CT molecular complexity index is 834. The van der Waals surface area contributed by atoms with Crippen LogP contribution >= 0.6 is 0 Å². The predicted octanol–water partition coefficient (Wildman–Crippen LogP) is 2.11. The van der Waals surface area contributed by atoms with Gasteiger partial charge in [0.2, 0.25) is 0 Å². The molecule has 7 nitrogen and oxygen atoms in total. The second kappa shape index (κ2) is 7.09. The predicted molar refractivity (Wildman–Crippen MR) is 94.2 cm³/mol. The summed E-state index contributed by atoms with van der Waals surface area (Å²) < 4.78 is 1.72. The smallest absolute Gasteiger partial charge is 0.314 e. The second-order valence-corrected chi connectivity index (χ2v) is 6.92. The molecule has 0 spiro atoms. The zero-order valence-electron chi connectivity index (χ0n) is 15.0. The fourth-order valence-electron chi connectivity index (χ4n) is 3.08. The van der Waals surface area contributed by atoms with Gasteiger partial charge in [0.15, 0.2) is 5.65 Å². The van der Waals surface area contributed by atoms with E-state index in [1.165, 1.54) is 6.42 Å². The number of nitriles is 1. The number of carbonyl (C=O) groups is 1. The van der Waals surface area contributed by atoms with Crippen molar-refractivity contribution in [2.45, 2.75) is 40.0 Å². The van der Waals surface area contributed by atoms with E-state index in [2.05, 4.69) is 33.7 Å². The first kappa shape index (κ1) is 17.2. The van der Waals surface area contributed by atoms with Crippen LogP contribution in [-0.4, -0.2) is 33.7 Å². The van der Waals surface area contributed by atoms with E-state index in [1.54, 1.807) is 4.52 Å². The van der Waals surface area contributed by atoms with Crippen LogP contribution in [-0.2, 0) is 6.42 Å². The zero-order valence-corrected chi connectivity index (χ0v) is 15.0. The molecule has 0 aliphatic heterocycles. The molecule has 1 saturated carbocycles. The van der Waals surface area contributed by atoms with E-state index < -0.39 is 0 Å². The molecule has 2 N–H and O–H groups in total. The molecule has 1 aliphatic rings. The summed E-state index contributed by atoms with van der Waals surface area (Å²) in [6.07, 6.45) is 2.56. The summed E-state index contributed by atoms with van der Waals surface area (Å²) in [6, 6.07) is 4.04. The lowest BCUT2D eigenvalue weighted by Gasteiger charge is -2.06. The van der Waals surface area contributed by atoms with Crippen molar-refractivity contribution in [3.05, 3.63) is 28.7 Å². The minimum atomic E-state index is -0.122. The maximum Gasteiger partial charge on any atom is 0.314 e. The Balaban J connectivity index is 1.53. The average Bonchev–Trinajstić information content (AvgIpc) is 3.15. The third kappa shape index (κ3) is 3.90. The van der Waals surface area contributed by atoms with Gasteiger partial charge in [-0.15, -0.1) is 0 Å². The number of urea groups is 1. The Kier molecular flexibility index (Phi) is 4.88. The Morgan fingerprint density at radius 2 is 2.20 bits per heavy atom. The first-order valence-electron chi connectivity index (χ1n) is 8.77. The van der Waals surface area contributed by atoms with E-state index >= 15 is 0 Å². The van der Waals surface area contributed by atoms with Crippen LogP contribution in [0.2, 0.25) is 0 Å². The number of carbonyl (C=O) groups excluding carboxylic acids is 1. The highest BCUT2D eigenvalue weighted by molar-refractivity contribution is 5.73. The molecule has 2 amide bonds. The maximum absolute atomic E-state index is 11.7. The van der Waals surface area contributed by atoms with Crippen molar-refractivity contribution in [3.63, 3.8) is 0 Å². The number of aromatic nitrogens is 3. The van der Waals surface area contributed by atoms with Crippen molar-refractivity contribution in [2.24, 2.45) is 11.8 Å². The van der Waals surface area contributed by atoms with E-state index in [0.29, 0.717) is 30.1 Å². The molecule has 2 aromatic heterocycles. The summed E-state index contributed by atoms with van der Waals surface area (Å²) in [6.45, 7) is 7.36. The number of rotatable bonds is 6. The van der Waals surface area contributed by atoms with Gasteiger partial charge >= 0.3 is 6.03 Å². The van der Waals surface area contributed by atoms with Gasteiger partial charge < -0.3 is 10.6 Å². The molecule has 0 radical (unpaired) electrons. The third-order valence-corrected chi connectivity index (χ3v) is 4.76. The molecule has 2 heterocycles. The summed E-state index contributed by atoms with van der Waals surface area (Å²) >= 11 is 0. The largest absolute Gasteiger partial charge is 0.338 e. The topological polar surface area (TPSA) is 95.1 Å². The van der Waals surface area contributed by atoms with Crippen LogP contribution in [0.15, 0.2) is 6.07 Å². The van der Waals surface area contributed by atoms with Gasteiger partial charge in [0.25, 0.3) is 0 Å². The van der Waals surface area contributed by atoms with E-state index in [1.807, 2.05) is 19.9 Å². The average molecular weight is 340 g/mol. The quantitative estimate of drug-likeness (QED) is 0.787. The van der Waals surface area contributed by atoms with Crippen LogP contribution in [0.3, 0.4) is 0 Å². The van der Waals surface area contributed by atoms with Crippen LogP contribution in [0.5, 0.6) is 0 Å². The van der Waals surface area contributed by atoms with Gasteiger partial charge in [-0.25, -0.2) is 14.3 Å². The van der Waals surface area contributed by atoms with Crippen molar-refractivity contribution in [2.75, 3.05) is 13.1 Å².